The van der Waals surface area contributed by atoms with Gasteiger partial charge in [0.05, 0.1) is 0 Å². The van der Waals surface area contributed by atoms with Crippen LogP contribution >= 0.6 is 0 Å². The van der Waals surface area contributed by atoms with Crippen LogP contribution in [0.15, 0.2) is 0 Å². The van der Waals surface area contributed by atoms with E-state index >= 15 is 0 Å². The van der Waals surface area contributed by atoms with Gasteiger partial charge in [0.25, 0.3) is 0 Å². The van der Waals surface area contributed by atoms with E-state index in [1.54, 1.807) is 6.26 Å². The van der Waals surface area contributed by atoms with E-state index in [0.717, 1.165) is 0 Å². The Morgan fingerprint density at radius 1 is 1.11 bits per heavy atom. The minimum absolute atomic E-state index is 0.0215. The van der Waals surface area contributed by atoms with Crippen LogP contribution in [0.5, 0.6) is 0 Å². The summed E-state index contributed by atoms with van der Waals surface area (Å²) in [5.74, 6) is -0.822. The normalized spacial score (nSPS) is 11.6. The number of nitrogens with one attached hydrogen (secondary N) is 2. The summed E-state index contributed by atoms with van der Waals surface area (Å²) < 4.78 is 10.7. The van der Waals surface area contributed by atoms with Gasteiger partial charge in [-0.3, -0.25) is 19.1 Å². The van der Waals surface area contributed by atoms with Gasteiger partial charge in [-0.15, -0.1) is 0 Å². The van der Waals surface area contributed by atoms with Crippen molar-refractivity contribution in [2.75, 3.05) is 18.6 Å². The lowest BCUT2D eigenvalue weighted by molar-refractivity contribution is -0.137. The Morgan fingerprint density at radius 3 is 2.32 bits per heavy atom. The number of amides is 3. The Bertz CT molecular complexity index is 314. The van der Waals surface area contributed by atoms with Crippen LogP contribution in [0.2, 0.25) is 0 Å². The van der Waals surface area contributed by atoms with Crippen LogP contribution in [0.25, 0.3) is 0 Å². The number of unbranched alkanes of at least 4 members (excludes halogenated alkanes) is 1. The second-order valence-corrected chi connectivity index (χ2v) is 5.59. The van der Waals surface area contributed by atoms with Crippen molar-refractivity contribution < 1.29 is 23.7 Å². The van der Waals surface area contributed by atoms with Crippen molar-refractivity contribution in [3.63, 3.8) is 0 Å². The Labute approximate surface area is 114 Å². The van der Waals surface area contributed by atoms with Crippen molar-refractivity contribution in [3.05, 3.63) is 0 Å². The second-order valence-electron chi connectivity index (χ2n) is 4.04. The highest BCUT2D eigenvalue weighted by atomic mass is 32.2. The summed E-state index contributed by atoms with van der Waals surface area (Å²) in [5.41, 5.74) is 0. The molecule has 0 aromatic heterocycles. The number of imide groups is 1. The predicted octanol–water partition coefficient (Wildman–Crippen LogP) is 0.226. The molecular weight excluding hydrogens is 272 g/mol. The number of carboxylic acids is 1. The zero-order valence-electron chi connectivity index (χ0n) is 10.9. The molecule has 0 radical (unpaired) electrons. The fourth-order valence-electron chi connectivity index (χ4n) is 1.27. The summed E-state index contributed by atoms with van der Waals surface area (Å²) in [5, 5.41) is 13.0. The molecule has 7 nitrogen and oxygen atoms in total. The first-order chi connectivity index (χ1) is 8.91. The third-order valence-electron chi connectivity index (χ3n) is 2.19. The molecule has 1 atom stereocenters. The molecule has 110 valence electrons. The first-order valence-corrected chi connectivity index (χ1v) is 7.74. The molecule has 0 bridgehead atoms. The Morgan fingerprint density at radius 2 is 1.74 bits per heavy atom. The van der Waals surface area contributed by atoms with Gasteiger partial charge in [-0.2, -0.15) is 0 Å². The average molecular weight is 292 g/mol. The van der Waals surface area contributed by atoms with Gasteiger partial charge in [0, 0.05) is 42.2 Å². The number of aliphatic carboxylic acids is 1. The zero-order chi connectivity index (χ0) is 14.7. The molecule has 0 saturated carbocycles. The number of hydrogen-bond acceptors (Lipinski definition) is 4. The summed E-state index contributed by atoms with van der Waals surface area (Å²) in [4.78, 5) is 32.7. The van der Waals surface area contributed by atoms with Crippen LogP contribution < -0.4 is 10.6 Å². The van der Waals surface area contributed by atoms with Gasteiger partial charge < -0.3 is 10.4 Å². The number of carbonyl (C=O) groups is 3. The number of carboxylic acid groups (broad SMARTS) is 1. The van der Waals surface area contributed by atoms with E-state index in [2.05, 4.69) is 10.6 Å². The van der Waals surface area contributed by atoms with E-state index in [9.17, 15) is 18.6 Å². The highest BCUT2D eigenvalue weighted by Crippen LogP contribution is 1.99. The summed E-state index contributed by atoms with van der Waals surface area (Å²) in [6.07, 6.45) is 3.16. The molecule has 0 aliphatic heterocycles. The van der Waals surface area contributed by atoms with Gasteiger partial charge in [0.2, 0.25) is 5.91 Å². The van der Waals surface area contributed by atoms with Crippen molar-refractivity contribution in [2.24, 2.45) is 0 Å². The van der Waals surface area contributed by atoms with Crippen LogP contribution in [-0.4, -0.2) is 45.8 Å². The molecule has 3 amide bonds. The van der Waals surface area contributed by atoms with Crippen LogP contribution in [0.4, 0.5) is 4.79 Å². The minimum Gasteiger partial charge on any atom is -0.481 e. The number of hydrogen-bond donors (Lipinski definition) is 3. The molecule has 0 spiro atoms. The Hall–Kier alpha value is -1.44. The van der Waals surface area contributed by atoms with E-state index in [1.807, 2.05) is 0 Å². The first-order valence-electron chi connectivity index (χ1n) is 6.01. The Kier molecular flexibility index (Phi) is 9.69. The highest BCUT2D eigenvalue weighted by Gasteiger charge is 2.07. The lowest BCUT2D eigenvalue weighted by atomic mass is 10.2. The molecule has 0 heterocycles. The summed E-state index contributed by atoms with van der Waals surface area (Å²) in [6.45, 7) is 0.359. The minimum atomic E-state index is -0.897. The first kappa shape index (κ1) is 17.6. The van der Waals surface area contributed by atoms with Crippen molar-refractivity contribution in [2.45, 2.75) is 32.1 Å². The fraction of sp³-hybridized carbons (Fsp3) is 0.727. The maximum absolute atomic E-state index is 11.3. The van der Waals surface area contributed by atoms with E-state index in [1.165, 1.54) is 0 Å². The monoisotopic (exact) mass is 292 g/mol. The maximum atomic E-state index is 11.3. The number of carbonyl (C=O) groups excluding carboxylic acids is 2. The van der Waals surface area contributed by atoms with Gasteiger partial charge in [-0.05, 0) is 19.3 Å². The molecule has 8 heteroatoms. The van der Waals surface area contributed by atoms with Gasteiger partial charge in [0.15, 0.2) is 0 Å². The van der Waals surface area contributed by atoms with Crippen molar-refractivity contribution in [3.8, 4) is 0 Å². The topological polar surface area (TPSA) is 113 Å². The zero-order valence-corrected chi connectivity index (χ0v) is 11.8. The molecule has 0 rings (SSSR count). The molecule has 0 aliphatic carbocycles. The van der Waals surface area contributed by atoms with Gasteiger partial charge in [-0.1, -0.05) is 0 Å². The molecule has 0 aromatic rings. The summed E-state index contributed by atoms with van der Waals surface area (Å²) in [6, 6.07) is -0.579. The molecule has 0 fully saturated rings. The van der Waals surface area contributed by atoms with Gasteiger partial charge >= 0.3 is 12.0 Å². The molecule has 0 saturated heterocycles. The Balaban J connectivity index is 3.55. The lowest BCUT2D eigenvalue weighted by Crippen LogP contribution is -2.39. The van der Waals surface area contributed by atoms with E-state index in [0.29, 0.717) is 31.6 Å². The third kappa shape index (κ3) is 12.8. The predicted molar refractivity (Wildman–Crippen MR) is 71.2 cm³/mol. The number of rotatable bonds is 9. The molecule has 19 heavy (non-hydrogen) atoms. The van der Waals surface area contributed by atoms with E-state index in [4.69, 9.17) is 5.11 Å². The summed E-state index contributed by atoms with van der Waals surface area (Å²) >= 11 is 0. The largest absolute Gasteiger partial charge is 0.481 e. The third-order valence-corrected chi connectivity index (χ3v) is 3.06. The van der Waals surface area contributed by atoms with Crippen LogP contribution in [0.1, 0.15) is 32.1 Å². The summed E-state index contributed by atoms with van der Waals surface area (Å²) in [7, 11) is -0.887. The highest BCUT2D eigenvalue weighted by molar-refractivity contribution is 7.84. The van der Waals surface area contributed by atoms with Crippen molar-refractivity contribution in [1.29, 1.82) is 0 Å². The number of urea groups is 1. The molecule has 1 unspecified atom stereocenters. The van der Waals surface area contributed by atoms with Crippen LogP contribution in [0.3, 0.4) is 0 Å². The van der Waals surface area contributed by atoms with E-state index in [-0.39, 0.29) is 12.8 Å². The fourth-order valence-corrected chi connectivity index (χ4v) is 1.82. The van der Waals surface area contributed by atoms with E-state index < -0.39 is 28.7 Å². The van der Waals surface area contributed by atoms with Gasteiger partial charge in [-0.25, -0.2) is 4.79 Å². The molecular formula is C11H20N2O5S. The van der Waals surface area contributed by atoms with Crippen molar-refractivity contribution in [1.82, 2.24) is 10.6 Å². The smallest absolute Gasteiger partial charge is 0.321 e. The molecule has 0 aromatic carbocycles. The lowest BCUT2D eigenvalue weighted by Gasteiger charge is -2.06. The standard InChI is InChI=1S/C11H20N2O5S/c1-19(18)8-4-7-12-11(17)13-9(14)5-2-3-6-10(15)16/h2-8H2,1H3,(H,15,16)(H2,12,13,14,17). The molecule has 3 N–H and O–H groups in total. The van der Waals surface area contributed by atoms with Crippen LogP contribution in [-0.2, 0) is 20.4 Å². The second kappa shape index (κ2) is 10.5. The molecule has 0 aliphatic rings. The average Bonchev–Trinajstić information content (AvgIpc) is 2.30. The maximum Gasteiger partial charge on any atom is 0.321 e. The van der Waals surface area contributed by atoms with Crippen molar-refractivity contribution >= 4 is 28.7 Å². The van der Waals surface area contributed by atoms with Gasteiger partial charge in [0.1, 0.15) is 0 Å². The quantitative estimate of drug-likeness (QED) is 0.526. The SMILES string of the molecule is CS(=O)CCCNC(=O)NC(=O)CCCCC(=O)O. The van der Waals surface area contributed by atoms with Crippen LogP contribution in [0, 0.1) is 0 Å².